The smallest absolute Gasteiger partial charge is 0.0700 e. The summed E-state index contributed by atoms with van der Waals surface area (Å²) in [6.07, 6.45) is 7.21. The zero-order valence-electron chi connectivity index (χ0n) is 9.26. The van der Waals surface area contributed by atoms with E-state index in [1.54, 1.807) is 7.11 Å². The second kappa shape index (κ2) is 6.38. The number of hydrogen-bond donors (Lipinski definition) is 1. The average Bonchev–Trinajstić information content (AvgIpc) is 2.59. The van der Waals surface area contributed by atoms with Crippen molar-refractivity contribution in [2.75, 3.05) is 26.9 Å². The van der Waals surface area contributed by atoms with E-state index in [0.29, 0.717) is 13.2 Å². The molecule has 1 aliphatic rings. The van der Waals surface area contributed by atoms with Crippen LogP contribution in [-0.4, -0.2) is 32.5 Å². The fourth-order valence-electron chi connectivity index (χ4n) is 2.10. The average molecular weight is 201 g/mol. The summed E-state index contributed by atoms with van der Waals surface area (Å²) >= 11 is 0. The van der Waals surface area contributed by atoms with Crippen LogP contribution in [0.2, 0.25) is 0 Å². The van der Waals surface area contributed by atoms with E-state index in [2.05, 4.69) is 0 Å². The van der Waals surface area contributed by atoms with Gasteiger partial charge in [-0.3, -0.25) is 0 Å². The second-order valence-electron chi connectivity index (χ2n) is 4.28. The molecule has 0 saturated heterocycles. The lowest BCUT2D eigenvalue weighted by Gasteiger charge is -2.23. The van der Waals surface area contributed by atoms with E-state index in [9.17, 15) is 0 Å². The first-order chi connectivity index (χ1) is 6.77. The Morgan fingerprint density at radius 1 is 1.14 bits per heavy atom. The summed E-state index contributed by atoms with van der Waals surface area (Å²) < 4.78 is 10.3. The largest absolute Gasteiger partial charge is 0.382 e. The Morgan fingerprint density at radius 2 is 1.86 bits per heavy atom. The van der Waals surface area contributed by atoms with Crippen LogP contribution in [-0.2, 0) is 9.47 Å². The lowest BCUT2D eigenvalue weighted by molar-refractivity contribution is 0.0665. The molecule has 84 valence electrons. The van der Waals surface area contributed by atoms with Gasteiger partial charge in [0.05, 0.1) is 13.2 Å². The minimum absolute atomic E-state index is 0.130. The lowest BCUT2D eigenvalue weighted by Crippen LogP contribution is -2.36. The summed E-state index contributed by atoms with van der Waals surface area (Å²) in [7, 11) is 1.69. The van der Waals surface area contributed by atoms with Crippen molar-refractivity contribution in [1.29, 1.82) is 0 Å². The van der Waals surface area contributed by atoms with Gasteiger partial charge >= 0.3 is 0 Å². The van der Waals surface area contributed by atoms with Crippen LogP contribution in [0.25, 0.3) is 0 Å². The number of methoxy groups -OCH3 is 1. The third-order valence-corrected chi connectivity index (χ3v) is 2.99. The summed E-state index contributed by atoms with van der Waals surface area (Å²) in [4.78, 5) is 0. The molecule has 0 spiro atoms. The van der Waals surface area contributed by atoms with Crippen LogP contribution < -0.4 is 5.73 Å². The first kappa shape index (κ1) is 12.0. The summed E-state index contributed by atoms with van der Waals surface area (Å²) in [6.45, 7) is 2.21. The molecule has 0 aromatic heterocycles. The van der Waals surface area contributed by atoms with Gasteiger partial charge in [-0.1, -0.05) is 12.8 Å². The van der Waals surface area contributed by atoms with Crippen molar-refractivity contribution in [3.05, 3.63) is 0 Å². The van der Waals surface area contributed by atoms with Crippen LogP contribution in [0, 0.1) is 0 Å². The van der Waals surface area contributed by atoms with Crippen molar-refractivity contribution in [1.82, 2.24) is 0 Å². The standard InChI is InChI=1S/C11H23NO2/c1-13-9-10-14-8-4-7-11(12)5-2-3-6-11/h2-10,12H2,1H3. The summed E-state index contributed by atoms with van der Waals surface area (Å²) in [6, 6.07) is 0. The van der Waals surface area contributed by atoms with Gasteiger partial charge in [0.2, 0.25) is 0 Å². The van der Waals surface area contributed by atoms with Crippen molar-refractivity contribution in [2.45, 2.75) is 44.1 Å². The zero-order valence-corrected chi connectivity index (χ0v) is 9.26. The normalized spacial score (nSPS) is 20.1. The van der Waals surface area contributed by atoms with E-state index < -0.39 is 0 Å². The molecule has 2 N–H and O–H groups in total. The van der Waals surface area contributed by atoms with Crippen LogP contribution in [0.15, 0.2) is 0 Å². The predicted octanol–water partition coefficient (Wildman–Crippen LogP) is 1.70. The zero-order chi connectivity index (χ0) is 10.3. The molecule has 0 bridgehead atoms. The van der Waals surface area contributed by atoms with E-state index in [4.69, 9.17) is 15.2 Å². The van der Waals surface area contributed by atoms with Crippen LogP contribution in [0.5, 0.6) is 0 Å². The Morgan fingerprint density at radius 3 is 2.50 bits per heavy atom. The topological polar surface area (TPSA) is 44.5 Å². The quantitative estimate of drug-likeness (QED) is 0.638. The van der Waals surface area contributed by atoms with Gasteiger partial charge in [-0.15, -0.1) is 0 Å². The Kier molecular flexibility index (Phi) is 5.45. The molecule has 0 unspecified atom stereocenters. The van der Waals surface area contributed by atoms with E-state index in [-0.39, 0.29) is 5.54 Å². The molecule has 0 amide bonds. The summed E-state index contributed by atoms with van der Waals surface area (Å²) in [5.41, 5.74) is 6.35. The predicted molar refractivity (Wildman–Crippen MR) is 57.3 cm³/mol. The van der Waals surface area contributed by atoms with Gasteiger partial charge < -0.3 is 15.2 Å². The molecule has 1 fully saturated rings. The lowest BCUT2D eigenvalue weighted by atomic mass is 9.93. The molecular weight excluding hydrogens is 178 g/mol. The molecule has 3 nitrogen and oxygen atoms in total. The number of ether oxygens (including phenoxy) is 2. The number of nitrogens with two attached hydrogens (primary N) is 1. The van der Waals surface area contributed by atoms with Crippen LogP contribution >= 0.6 is 0 Å². The highest BCUT2D eigenvalue weighted by Crippen LogP contribution is 2.30. The highest BCUT2D eigenvalue weighted by Gasteiger charge is 2.28. The molecule has 3 heteroatoms. The van der Waals surface area contributed by atoms with Gasteiger partial charge in [-0.05, 0) is 25.7 Å². The third kappa shape index (κ3) is 4.40. The van der Waals surface area contributed by atoms with Crippen molar-refractivity contribution in [3.8, 4) is 0 Å². The Labute approximate surface area is 86.9 Å². The summed E-state index contributed by atoms with van der Waals surface area (Å²) in [5, 5.41) is 0. The van der Waals surface area contributed by atoms with E-state index in [1.807, 2.05) is 0 Å². The van der Waals surface area contributed by atoms with Gasteiger partial charge in [-0.2, -0.15) is 0 Å². The van der Waals surface area contributed by atoms with E-state index in [1.165, 1.54) is 25.7 Å². The molecule has 1 saturated carbocycles. The molecule has 0 aliphatic heterocycles. The highest BCUT2D eigenvalue weighted by molar-refractivity contribution is 4.88. The number of rotatable bonds is 7. The Hall–Kier alpha value is -0.120. The summed E-state index contributed by atoms with van der Waals surface area (Å²) in [5.74, 6) is 0. The van der Waals surface area contributed by atoms with Crippen molar-refractivity contribution in [3.63, 3.8) is 0 Å². The molecule has 0 aromatic carbocycles. The van der Waals surface area contributed by atoms with Gasteiger partial charge in [0.1, 0.15) is 0 Å². The highest BCUT2D eigenvalue weighted by atomic mass is 16.5. The van der Waals surface area contributed by atoms with Crippen molar-refractivity contribution >= 4 is 0 Å². The maximum absolute atomic E-state index is 6.22. The molecule has 0 aromatic rings. The van der Waals surface area contributed by atoms with Crippen LogP contribution in [0.3, 0.4) is 0 Å². The molecule has 0 radical (unpaired) electrons. The van der Waals surface area contributed by atoms with Gasteiger partial charge in [0.25, 0.3) is 0 Å². The van der Waals surface area contributed by atoms with E-state index in [0.717, 1.165) is 19.4 Å². The SMILES string of the molecule is COCCOCCCC1(N)CCCC1. The molecule has 0 heterocycles. The fraction of sp³-hybridized carbons (Fsp3) is 1.00. The molecular formula is C11H23NO2. The van der Waals surface area contributed by atoms with Crippen molar-refractivity contribution in [2.24, 2.45) is 5.73 Å². The first-order valence-electron chi connectivity index (χ1n) is 5.62. The van der Waals surface area contributed by atoms with Crippen LogP contribution in [0.1, 0.15) is 38.5 Å². The third-order valence-electron chi connectivity index (χ3n) is 2.99. The molecule has 1 rings (SSSR count). The van der Waals surface area contributed by atoms with Gasteiger partial charge in [0.15, 0.2) is 0 Å². The minimum atomic E-state index is 0.130. The Bertz CT molecular complexity index is 144. The minimum Gasteiger partial charge on any atom is -0.382 e. The fourth-order valence-corrected chi connectivity index (χ4v) is 2.10. The molecule has 1 aliphatic carbocycles. The maximum atomic E-state index is 6.22. The van der Waals surface area contributed by atoms with E-state index >= 15 is 0 Å². The van der Waals surface area contributed by atoms with Crippen molar-refractivity contribution < 1.29 is 9.47 Å². The van der Waals surface area contributed by atoms with Crippen LogP contribution in [0.4, 0.5) is 0 Å². The van der Waals surface area contributed by atoms with Gasteiger partial charge in [0, 0.05) is 19.3 Å². The molecule has 0 atom stereocenters. The second-order valence-corrected chi connectivity index (χ2v) is 4.28. The molecule has 14 heavy (non-hydrogen) atoms. The number of hydrogen-bond acceptors (Lipinski definition) is 3. The maximum Gasteiger partial charge on any atom is 0.0700 e. The monoisotopic (exact) mass is 201 g/mol. The first-order valence-corrected chi connectivity index (χ1v) is 5.62. The van der Waals surface area contributed by atoms with Gasteiger partial charge in [-0.25, -0.2) is 0 Å². The Balaban J connectivity index is 1.92.